The van der Waals surface area contributed by atoms with Crippen LogP contribution in [0.1, 0.15) is 26.3 Å². The molecule has 17 heavy (non-hydrogen) atoms. The van der Waals surface area contributed by atoms with Gasteiger partial charge >= 0.3 is 0 Å². The van der Waals surface area contributed by atoms with Crippen LogP contribution >= 0.6 is 0 Å². The predicted octanol–water partition coefficient (Wildman–Crippen LogP) is 2.31. The molecular formula is C12H18N2O2S. The highest BCUT2D eigenvalue weighted by Crippen LogP contribution is 2.09. The van der Waals surface area contributed by atoms with Gasteiger partial charge in [0.1, 0.15) is 0 Å². The van der Waals surface area contributed by atoms with Crippen LogP contribution in [0.25, 0.3) is 0 Å². The summed E-state index contributed by atoms with van der Waals surface area (Å²) in [5.74, 6) is 0.218. The highest BCUT2D eigenvalue weighted by Gasteiger charge is 2.12. The average Bonchev–Trinajstić information content (AvgIpc) is 2.26. The Hall–Kier alpha value is -1.36. The molecule has 0 amide bonds. The molecule has 0 saturated heterocycles. The van der Waals surface area contributed by atoms with Crippen molar-refractivity contribution in [2.24, 2.45) is 11.0 Å². The maximum absolute atomic E-state index is 11.9. The van der Waals surface area contributed by atoms with Crippen LogP contribution in [0.2, 0.25) is 0 Å². The van der Waals surface area contributed by atoms with Gasteiger partial charge in [-0.2, -0.15) is 13.5 Å². The maximum atomic E-state index is 11.9. The van der Waals surface area contributed by atoms with Crippen molar-refractivity contribution in [3.63, 3.8) is 0 Å². The molecule has 0 bridgehead atoms. The molecule has 5 heteroatoms. The van der Waals surface area contributed by atoms with Crippen LogP contribution in [0, 0.1) is 12.8 Å². The summed E-state index contributed by atoms with van der Waals surface area (Å²) in [6, 6.07) is 6.65. The van der Waals surface area contributed by atoms with Crippen molar-refractivity contribution in [2.75, 3.05) is 0 Å². The largest absolute Gasteiger partial charge is 0.276 e. The second-order valence-electron chi connectivity index (χ2n) is 4.32. The van der Waals surface area contributed by atoms with Crippen LogP contribution in [-0.2, 0) is 10.0 Å². The molecule has 0 spiro atoms. The standard InChI is InChI=1S/C12H18N2O2S/c1-9(2)11(4)13-14-17(15,16)12-7-5-10(3)6-8-12/h5-9,14H,1-4H3/b13-11+. The first-order chi connectivity index (χ1) is 7.83. The molecular weight excluding hydrogens is 236 g/mol. The zero-order chi connectivity index (χ0) is 13.1. The number of nitrogens with one attached hydrogen (secondary N) is 1. The van der Waals surface area contributed by atoms with Crippen molar-refractivity contribution in [1.29, 1.82) is 0 Å². The number of nitrogens with zero attached hydrogens (tertiary/aromatic N) is 1. The van der Waals surface area contributed by atoms with Crippen molar-refractivity contribution in [1.82, 2.24) is 4.83 Å². The van der Waals surface area contributed by atoms with Crippen molar-refractivity contribution < 1.29 is 8.42 Å². The fraction of sp³-hybridized carbons (Fsp3) is 0.417. The second kappa shape index (κ2) is 5.31. The molecule has 0 unspecified atom stereocenters. The highest BCUT2D eigenvalue weighted by molar-refractivity contribution is 7.89. The van der Waals surface area contributed by atoms with Gasteiger partial charge in [0.2, 0.25) is 0 Å². The number of hydrogen-bond acceptors (Lipinski definition) is 3. The SMILES string of the molecule is C/C(=N\NS(=O)(=O)c1ccc(C)cc1)C(C)C. The molecule has 1 aromatic rings. The molecule has 0 radical (unpaired) electrons. The van der Waals surface area contributed by atoms with Gasteiger partial charge in [-0.15, -0.1) is 0 Å². The Labute approximate surface area is 103 Å². The quantitative estimate of drug-likeness (QED) is 0.662. The molecule has 4 nitrogen and oxygen atoms in total. The second-order valence-corrected chi connectivity index (χ2v) is 5.98. The monoisotopic (exact) mass is 254 g/mol. The summed E-state index contributed by atoms with van der Waals surface area (Å²) in [5.41, 5.74) is 1.77. The Morgan fingerprint density at radius 2 is 1.76 bits per heavy atom. The van der Waals surface area contributed by atoms with Crippen molar-refractivity contribution in [2.45, 2.75) is 32.6 Å². The van der Waals surface area contributed by atoms with Gasteiger partial charge in [-0.1, -0.05) is 31.5 Å². The lowest BCUT2D eigenvalue weighted by Crippen LogP contribution is -2.20. The minimum absolute atomic E-state index is 0.218. The molecule has 94 valence electrons. The number of hydrogen-bond donors (Lipinski definition) is 1. The zero-order valence-corrected chi connectivity index (χ0v) is 11.4. The number of benzene rings is 1. The lowest BCUT2D eigenvalue weighted by atomic mass is 10.1. The van der Waals surface area contributed by atoms with Gasteiger partial charge in [0.15, 0.2) is 0 Å². The van der Waals surface area contributed by atoms with E-state index in [2.05, 4.69) is 9.93 Å². The van der Waals surface area contributed by atoms with Crippen LogP contribution in [0.15, 0.2) is 34.3 Å². The summed E-state index contributed by atoms with van der Waals surface area (Å²) < 4.78 is 23.7. The number of rotatable bonds is 4. The predicted molar refractivity (Wildman–Crippen MR) is 69.4 cm³/mol. The summed E-state index contributed by atoms with van der Waals surface area (Å²) in [7, 11) is -3.54. The number of hydrazone groups is 1. The summed E-state index contributed by atoms with van der Waals surface area (Å²) in [6.07, 6.45) is 0. The molecule has 1 aromatic carbocycles. The summed E-state index contributed by atoms with van der Waals surface area (Å²) in [6.45, 7) is 7.62. The molecule has 0 fully saturated rings. The summed E-state index contributed by atoms with van der Waals surface area (Å²) >= 11 is 0. The molecule has 1 N–H and O–H groups in total. The lowest BCUT2D eigenvalue weighted by molar-refractivity contribution is 0.584. The van der Waals surface area contributed by atoms with Gasteiger partial charge in [0.25, 0.3) is 10.0 Å². The zero-order valence-electron chi connectivity index (χ0n) is 10.6. The van der Waals surface area contributed by atoms with E-state index in [1.54, 1.807) is 31.2 Å². The summed E-state index contributed by atoms with van der Waals surface area (Å²) in [4.78, 5) is 2.46. The van der Waals surface area contributed by atoms with Crippen molar-refractivity contribution in [3.05, 3.63) is 29.8 Å². The molecule has 0 aliphatic carbocycles. The fourth-order valence-corrected chi connectivity index (χ4v) is 1.90. The van der Waals surface area contributed by atoms with E-state index < -0.39 is 10.0 Å². The number of sulfonamides is 1. The third-order valence-corrected chi connectivity index (χ3v) is 3.73. The van der Waals surface area contributed by atoms with Crippen LogP contribution in [0.5, 0.6) is 0 Å². The molecule has 0 aromatic heterocycles. The van der Waals surface area contributed by atoms with E-state index in [1.807, 2.05) is 20.8 Å². The Morgan fingerprint density at radius 1 is 1.24 bits per heavy atom. The fourth-order valence-electron chi connectivity index (χ4n) is 1.03. The Morgan fingerprint density at radius 3 is 2.24 bits per heavy atom. The average molecular weight is 254 g/mol. The van der Waals surface area contributed by atoms with Crippen LogP contribution in [0.3, 0.4) is 0 Å². The third-order valence-electron chi connectivity index (χ3n) is 2.51. The first-order valence-corrected chi connectivity index (χ1v) is 6.94. The molecule has 0 aliphatic heterocycles. The van der Waals surface area contributed by atoms with Gasteiger partial charge in [0.05, 0.1) is 4.90 Å². The minimum Gasteiger partial charge on any atom is -0.200 e. The van der Waals surface area contributed by atoms with Crippen molar-refractivity contribution in [3.8, 4) is 0 Å². The van der Waals surface area contributed by atoms with E-state index in [1.165, 1.54) is 0 Å². The minimum atomic E-state index is -3.54. The third kappa shape index (κ3) is 3.85. The lowest BCUT2D eigenvalue weighted by Gasteiger charge is -2.07. The van der Waals surface area contributed by atoms with Gasteiger partial charge in [-0.05, 0) is 31.9 Å². The Bertz CT molecular complexity index is 502. The van der Waals surface area contributed by atoms with Gasteiger partial charge in [0, 0.05) is 5.71 Å². The molecule has 0 atom stereocenters. The first-order valence-electron chi connectivity index (χ1n) is 5.45. The molecule has 1 rings (SSSR count). The van der Waals surface area contributed by atoms with E-state index in [0.29, 0.717) is 0 Å². The summed E-state index contributed by atoms with van der Waals surface area (Å²) in [5, 5.41) is 3.87. The normalized spacial score (nSPS) is 12.9. The number of aryl methyl sites for hydroxylation is 1. The topological polar surface area (TPSA) is 58.5 Å². The molecule has 0 aliphatic rings. The Balaban J connectivity index is 2.90. The van der Waals surface area contributed by atoms with Crippen molar-refractivity contribution >= 4 is 15.7 Å². The highest BCUT2D eigenvalue weighted by atomic mass is 32.2. The molecule has 0 heterocycles. The smallest absolute Gasteiger partial charge is 0.200 e. The Kier molecular flexibility index (Phi) is 4.28. The van der Waals surface area contributed by atoms with Gasteiger partial charge in [-0.25, -0.2) is 4.83 Å². The van der Waals surface area contributed by atoms with E-state index in [0.717, 1.165) is 11.3 Å². The van der Waals surface area contributed by atoms with E-state index in [-0.39, 0.29) is 10.8 Å². The van der Waals surface area contributed by atoms with Gasteiger partial charge < -0.3 is 0 Å². The first kappa shape index (κ1) is 13.7. The maximum Gasteiger partial charge on any atom is 0.276 e. The molecule has 0 saturated carbocycles. The van der Waals surface area contributed by atoms with Crippen LogP contribution < -0.4 is 4.83 Å². The van der Waals surface area contributed by atoms with Crippen LogP contribution in [-0.4, -0.2) is 14.1 Å². The van der Waals surface area contributed by atoms with E-state index in [4.69, 9.17) is 0 Å². The van der Waals surface area contributed by atoms with Crippen LogP contribution in [0.4, 0.5) is 0 Å². The van der Waals surface area contributed by atoms with Gasteiger partial charge in [-0.3, -0.25) is 0 Å². The van der Waals surface area contributed by atoms with E-state index in [9.17, 15) is 8.42 Å². The van der Waals surface area contributed by atoms with E-state index >= 15 is 0 Å².